The van der Waals surface area contributed by atoms with Crippen molar-refractivity contribution in [1.29, 1.82) is 0 Å². The van der Waals surface area contributed by atoms with Gasteiger partial charge in [-0.1, -0.05) is 29.5 Å². The first-order valence-corrected chi connectivity index (χ1v) is 27.9. The van der Waals surface area contributed by atoms with E-state index in [4.69, 9.17) is 53.1 Å². The fourth-order valence-corrected chi connectivity index (χ4v) is 8.22. The molecule has 1 aliphatic heterocycles. The topological polar surface area (TPSA) is 296 Å². The van der Waals surface area contributed by atoms with Crippen molar-refractivity contribution in [2.45, 2.75) is 97.8 Å². The van der Waals surface area contributed by atoms with Gasteiger partial charge in [0.05, 0.1) is 129 Å². The average molecular weight is 1130 g/mol. The second-order valence-corrected chi connectivity index (χ2v) is 20.4. The number of nitrogens with zero attached hydrogens (tertiary/aromatic N) is 4. The molecule has 24 heteroatoms. The number of rotatable bonds is 46. The third kappa shape index (κ3) is 29.3. The van der Waals surface area contributed by atoms with Crippen LogP contribution in [0.25, 0.3) is 0 Å². The number of esters is 1. The van der Waals surface area contributed by atoms with E-state index in [9.17, 15) is 33.6 Å². The van der Waals surface area contributed by atoms with Crippen LogP contribution in [-0.4, -0.2) is 206 Å². The lowest BCUT2D eigenvalue weighted by Crippen LogP contribution is -2.44. The molecular weight excluding hydrogens is 1040 g/mol. The van der Waals surface area contributed by atoms with Gasteiger partial charge in [-0.15, -0.1) is 5.10 Å². The summed E-state index contributed by atoms with van der Waals surface area (Å²) in [5.74, 6) is -1.44. The number of hydrogen-bond donors (Lipinski definition) is 3. The molecule has 0 unspecified atom stereocenters. The van der Waals surface area contributed by atoms with Gasteiger partial charge in [-0.25, -0.2) is 4.68 Å². The fraction of sp³-hybridized carbons (Fsp3) is 0.696. The van der Waals surface area contributed by atoms with E-state index in [0.29, 0.717) is 144 Å². The maximum Gasteiger partial charge on any atom is 0.311 e. The van der Waals surface area contributed by atoms with Gasteiger partial charge in [-0.3, -0.25) is 38.5 Å². The third-order valence-electron chi connectivity index (χ3n) is 12.8. The number of aromatic nitrogens is 3. The molecule has 0 radical (unpaired) electrons. The Kier molecular flexibility index (Phi) is 33.5. The summed E-state index contributed by atoms with van der Waals surface area (Å²) < 4.78 is 56.6. The lowest BCUT2D eigenvalue weighted by Gasteiger charge is -2.29. The average Bonchev–Trinajstić information content (AvgIpc) is 4.04. The quantitative estimate of drug-likeness (QED) is 0.0485. The number of aryl methyl sites for hydroxylation is 1. The zero-order valence-electron chi connectivity index (χ0n) is 47.2. The number of Topliss-reactive ketones (excluding diaryl/α,β-unsaturated/α-hetero) is 2. The first-order valence-electron chi connectivity index (χ1n) is 27.9. The van der Waals surface area contributed by atoms with Gasteiger partial charge in [-0.2, -0.15) is 0 Å². The van der Waals surface area contributed by atoms with Crippen LogP contribution in [-0.2, 0) is 107 Å². The summed E-state index contributed by atoms with van der Waals surface area (Å²) in [4.78, 5) is 87.8. The van der Waals surface area contributed by atoms with E-state index in [1.165, 1.54) is 17.1 Å². The van der Waals surface area contributed by atoms with Crippen LogP contribution >= 0.6 is 0 Å². The fourth-order valence-electron chi connectivity index (χ4n) is 8.22. The largest absolute Gasteiger partial charge is 0.460 e. The molecule has 1 saturated carbocycles. The van der Waals surface area contributed by atoms with E-state index in [2.05, 4.69) is 20.9 Å². The van der Waals surface area contributed by atoms with Crippen molar-refractivity contribution in [3.05, 3.63) is 59.4 Å². The third-order valence-corrected chi connectivity index (χ3v) is 12.8. The molecule has 4 rings (SSSR count). The molecule has 4 amide bonds. The Hall–Kier alpha value is -5.41. The summed E-state index contributed by atoms with van der Waals surface area (Å²) in [5, 5.41) is 13.7. The van der Waals surface area contributed by atoms with E-state index in [1.807, 2.05) is 6.20 Å². The number of hydrogen-bond acceptors (Lipinski definition) is 20. The van der Waals surface area contributed by atoms with E-state index in [0.717, 1.165) is 42.5 Å². The standard InChI is InChI=1S/C56H87N7O17/c1-56(2,3)55(70)80-40-45-8-6-43(7-9-45)37-50(65)48(5-4-18-57)59-52(67)42-79-41-51(66)58-19-21-71-23-25-73-27-29-75-31-33-77-35-36-78-34-32-76-30-28-74-26-24-72-22-20-62-39-47(60-61-62)14-15-49(64)46-12-10-44(11-13-46)38-63-53(68)16-17-54(63)69/h6-9,16-17,39,44,46,48H,4-5,10-15,18-38,40-42,57H2,1-3H3,(H,58,66)(H,59,67)/t44?,46?,48-/m0/s1. The SMILES string of the molecule is CC(C)(C)C(=O)OCc1ccc(CC(=O)[C@H](CCCN)NC(=O)COCC(=O)NCCOCCOCCOCCOCCOCCOCCOCCOCCn2cc(CCC(=O)C3CCC(CN4C(=O)C=CC4=O)CC3)nn2)cc1. The zero-order valence-corrected chi connectivity index (χ0v) is 47.2. The van der Waals surface area contributed by atoms with Crippen LogP contribution in [0.15, 0.2) is 42.6 Å². The number of nitrogens with one attached hydrogen (secondary N) is 2. The predicted octanol–water partition coefficient (Wildman–Crippen LogP) is 1.90. The predicted molar refractivity (Wildman–Crippen MR) is 290 cm³/mol. The highest BCUT2D eigenvalue weighted by atomic mass is 16.6. The number of nitrogens with two attached hydrogens (primary N) is 1. The monoisotopic (exact) mass is 1130 g/mol. The molecule has 1 atom stereocenters. The Morgan fingerprint density at radius 2 is 1.19 bits per heavy atom. The van der Waals surface area contributed by atoms with Crippen molar-refractivity contribution in [3.63, 3.8) is 0 Å². The number of ketones is 2. The summed E-state index contributed by atoms with van der Waals surface area (Å²) in [6.45, 7) is 12.9. The van der Waals surface area contributed by atoms with E-state index in [-0.39, 0.29) is 74.0 Å². The molecule has 2 aliphatic rings. The Morgan fingerprint density at radius 3 is 1.73 bits per heavy atom. The molecule has 2 heterocycles. The van der Waals surface area contributed by atoms with Gasteiger partial charge in [0.15, 0.2) is 5.78 Å². The Balaban J connectivity index is 0.832. The summed E-state index contributed by atoms with van der Waals surface area (Å²) >= 11 is 0. The van der Waals surface area contributed by atoms with Crippen molar-refractivity contribution >= 4 is 41.2 Å². The molecule has 0 saturated heterocycles. The van der Waals surface area contributed by atoms with E-state index < -0.39 is 29.9 Å². The van der Waals surface area contributed by atoms with Gasteiger partial charge in [0, 0.05) is 56.6 Å². The molecule has 1 fully saturated rings. The van der Waals surface area contributed by atoms with Gasteiger partial charge in [0.2, 0.25) is 11.8 Å². The highest BCUT2D eigenvalue weighted by molar-refractivity contribution is 6.12. The van der Waals surface area contributed by atoms with Gasteiger partial charge in [0.1, 0.15) is 25.6 Å². The number of carbonyl (C=O) groups is 7. The molecule has 1 aliphatic carbocycles. The minimum Gasteiger partial charge on any atom is -0.460 e. The van der Waals surface area contributed by atoms with Crippen LogP contribution in [0.5, 0.6) is 0 Å². The van der Waals surface area contributed by atoms with Crippen LogP contribution in [0.2, 0.25) is 0 Å². The maximum atomic E-state index is 13.1. The molecular formula is C56H87N7O17. The van der Waals surface area contributed by atoms with Crippen molar-refractivity contribution in [3.8, 4) is 0 Å². The van der Waals surface area contributed by atoms with Gasteiger partial charge in [0.25, 0.3) is 11.8 Å². The lowest BCUT2D eigenvalue weighted by molar-refractivity contribution is -0.154. The molecule has 448 valence electrons. The van der Waals surface area contributed by atoms with Crippen molar-refractivity contribution in [2.75, 3.05) is 139 Å². The first-order chi connectivity index (χ1) is 38.7. The van der Waals surface area contributed by atoms with Crippen LogP contribution in [0.1, 0.15) is 82.5 Å². The molecule has 0 spiro atoms. The van der Waals surface area contributed by atoms with Crippen molar-refractivity contribution in [2.24, 2.45) is 23.0 Å². The number of ether oxygens (including phenoxy) is 10. The second kappa shape index (κ2) is 39.9. The Labute approximate surface area is 470 Å². The Bertz CT molecular complexity index is 2140. The van der Waals surface area contributed by atoms with Gasteiger partial charge < -0.3 is 63.7 Å². The number of benzene rings is 1. The summed E-state index contributed by atoms with van der Waals surface area (Å²) in [6, 6.07) is 6.41. The lowest BCUT2D eigenvalue weighted by atomic mass is 9.79. The van der Waals surface area contributed by atoms with Crippen LogP contribution in [0.3, 0.4) is 0 Å². The Morgan fingerprint density at radius 1 is 0.675 bits per heavy atom. The van der Waals surface area contributed by atoms with Gasteiger partial charge >= 0.3 is 5.97 Å². The molecule has 1 aromatic heterocycles. The van der Waals surface area contributed by atoms with Crippen LogP contribution < -0.4 is 16.4 Å². The molecule has 1 aromatic carbocycles. The van der Waals surface area contributed by atoms with Gasteiger partial charge in [-0.05, 0) is 82.9 Å². The molecule has 24 nitrogen and oxygen atoms in total. The highest BCUT2D eigenvalue weighted by Crippen LogP contribution is 2.31. The number of carbonyl (C=O) groups excluding carboxylic acids is 7. The minimum atomic E-state index is -0.763. The smallest absolute Gasteiger partial charge is 0.311 e. The molecule has 0 bridgehead atoms. The van der Waals surface area contributed by atoms with Crippen molar-refractivity contribution in [1.82, 2.24) is 30.5 Å². The van der Waals surface area contributed by atoms with Crippen LogP contribution in [0, 0.1) is 17.3 Å². The first kappa shape index (κ1) is 67.1. The molecule has 2 aromatic rings. The second-order valence-electron chi connectivity index (χ2n) is 20.4. The van der Waals surface area contributed by atoms with E-state index in [1.54, 1.807) is 49.7 Å². The van der Waals surface area contributed by atoms with Crippen LogP contribution in [0.4, 0.5) is 0 Å². The summed E-state index contributed by atoms with van der Waals surface area (Å²) in [7, 11) is 0. The summed E-state index contributed by atoms with van der Waals surface area (Å²) in [5.41, 5.74) is 7.37. The minimum absolute atomic E-state index is 0.0117. The zero-order chi connectivity index (χ0) is 57.6. The molecule has 4 N–H and O–H groups in total. The summed E-state index contributed by atoms with van der Waals surface area (Å²) in [6.07, 6.45) is 9.62. The number of imide groups is 1. The highest BCUT2D eigenvalue weighted by Gasteiger charge is 2.31. The maximum absolute atomic E-state index is 13.1. The van der Waals surface area contributed by atoms with Crippen molar-refractivity contribution < 1.29 is 80.9 Å². The molecule has 80 heavy (non-hydrogen) atoms. The van der Waals surface area contributed by atoms with E-state index >= 15 is 0 Å². The normalized spacial score (nSPS) is 15.8. The number of amides is 4.